The monoisotopic (exact) mass is 286 g/mol. The van der Waals surface area contributed by atoms with Gasteiger partial charge in [-0.3, -0.25) is 4.79 Å². The van der Waals surface area contributed by atoms with Gasteiger partial charge in [0, 0.05) is 31.2 Å². The molecule has 21 heavy (non-hydrogen) atoms. The zero-order valence-electron chi connectivity index (χ0n) is 12.6. The van der Waals surface area contributed by atoms with Crippen molar-refractivity contribution in [2.24, 2.45) is 5.73 Å². The van der Waals surface area contributed by atoms with E-state index in [4.69, 9.17) is 5.73 Å². The van der Waals surface area contributed by atoms with Crippen LogP contribution < -0.4 is 16.2 Å². The van der Waals surface area contributed by atoms with Crippen LogP contribution in [0.1, 0.15) is 18.9 Å². The topological polar surface area (TPSA) is 64.2 Å². The number of aryl methyl sites for hydroxylation is 2. The highest BCUT2D eigenvalue weighted by molar-refractivity contribution is 5.62. The molecule has 0 aliphatic carbocycles. The van der Waals surface area contributed by atoms with Crippen molar-refractivity contribution in [1.29, 1.82) is 0 Å². The molecule has 0 aliphatic rings. The van der Waals surface area contributed by atoms with Gasteiger partial charge in [-0.15, -0.1) is 0 Å². The number of hydrogen-bond donors (Lipinski definition) is 1. The fraction of sp³-hybridized carbons (Fsp3) is 0.375. The average molecular weight is 286 g/mol. The number of nitrogens with two attached hydrogens (primary N) is 1. The van der Waals surface area contributed by atoms with E-state index in [0.29, 0.717) is 25.5 Å². The SMILES string of the molecule is CCn1ccnc(N(CCCN)c2ccccc2C)c1=O. The number of nitrogens with zero attached hydrogens (tertiary/aromatic N) is 3. The van der Waals surface area contributed by atoms with Crippen LogP contribution in [0.2, 0.25) is 0 Å². The van der Waals surface area contributed by atoms with Gasteiger partial charge in [0.1, 0.15) is 0 Å². The van der Waals surface area contributed by atoms with Crippen molar-refractivity contribution in [3.8, 4) is 0 Å². The van der Waals surface area contributed by atoms with Crippen molar-refractivity contribution in [1.82, 2.24) is 9.55 Å². The van der Waals surface area contributed by atoms with Crippen LogP contribution in [0.4, 0.5) is 11.5 Å². The van der Waals surface area contributed by atoms with Crippen LogP contribution >= 0.6 is 0 Å². The maximum absolute atomic E-state index is 12.5. The largest absolute Gasteiger partial charge is 0.330 e. The van der Waals surface area contributed by atoms with Crippen LogP contribution in [0.5, 0.6) is 0 Å². The summed E-state index contributed by atoms with van der Waals surface area (Å²) >= 11 is 0. The Morgan fingerprint density at radius 1 is 1.33 bits per heavy atom. The summed E-state index contributed by atoms with van der Waals surface area (Å²) in [5, 5.41) is 0. The van der Waals surface area contributed by atoms with E-state index in [1.54, 1.807) is 17.0 Å². The third-order valence-corrected chi connectivity index (χ3v) is 3.48. The Bertz CT molecular complexity index is 651. The van der Waals surface area contributed by atoms with E-state index in [2.05, 4.69) is 4.98 Å². The van der Waals surface area contributed by atoms with Crippen LogP contribution in [0.3, 0.4) is 0 Å². The van der Waals surface area contributed by atoms with Crippen molar-refractivity contribution in [3.63, 3.8) is 0 Å². The van der Waals surface area contributed by atoms with Gasteiger partial charge in [-0.25, -0.2) is 4.98 Å². The predicted molar refractivity (Wildman–Crippen MR) is 86.0 cm³/mol. The van der Waals surface area contributed by atoms with Crippen LogP contribution in [-0.2, 0) is 6.54 Å². The summed E-state index contributed by atoms with van der Waals surface area (Å²) in [4.78, 5) is 18.8. The average Bonchev–Trinajstić information content (AvgIpc) is 2.50. The van der Waals surface area contributed by atoms with Crippen molar-refractivity contribution in [2.45, 2.75) is 26.8 Å². The van der Waals surface area contributed by atoms with Crippen molar-refractivity contribution >= 4 is 11.5 Å². The standard InChI is InChI=1S/C16H22N4O/c1-3-19-12-10-18-15(16(19)21)20(11-6-9-17)14-8-5-4-7-13(14)2/h4-5,7-8,10,12H,3,6,9,11,17H2,1-2H3. The maximum Gasteiger partial charge on any atom is 0.293 e. The van der Waals surface area contributed by atoms with Crippen LogP contribution in [0.25, 0.3) is 0 Å². The number of anilines is 2. The zero-order valence-corrected chi connectivity index (χ0v) is 12.6. The fourth-order valence-electron chi connectivity index (χ4n) is 2.33. The van der Waals surface area contributed by atoms with E-state index in [1.165, 1.54) is 0 Å². The minimum atomic E-state index is -0.0692. The molecule has 0 amide bonds. The molecule has 0 spiro atoms. The lowest BCUT2D eigenvalue weighted by Crippen LogP contribution is -2.31. The highest BCUT2D eigenvalue weighted by atomic mass is 16.1. The summed E-state index contributed by atoms with van der Waals surface area (Å²) in [5.74, 6) is 0.460. The summed E-state index contributed by atoms with van der Waals surface area (Å²) in [6.45, 7) is 5.87. The van der Waals surface area contributed by atoms with Crippen LogP contribution in [-0.4, -0.2) is 22.6 Å². The van der Waals surface area contributed by atoms with E-state index in [9.17, 15) is 4.79 Å². The fourth-order valence-corrected chi connectivity index (χ4v) is 2.33. The minimum absolute atomic E-state index is 0.0692. The van der Waals surface area contributed by atoms with E-state index >= 15 is 0 Å². The molecule has 1 heterocycles. The molecule has 2 N–H and O–H groups in total. The van der Waals surface area contributed by atoms with E-state index < -0.39 is 0 Å². The van der Waals surface area contributed by atoms with Crippen molar-refractivity contribution < 1.29 is 0 Å². The quantitative estimate of drug-likeness (QED) is 0.883. The van der Waals surface area contributed by atoms with Gasteiger partial charge in [0.2, 0.25) is 0 Å². The molecule has 0 unspecified atom stereocenters. The smallest absolute Gasteiger partial charge is 0.293 e. The molecule has 1 aromatic heterocycles. The Balaban J connectivity index is 2.51. The molecular formula is C16H22N4O. The molecule has 0 saturated heterocycles. The number of hydrogen-bond acceptors (Lipinski definition) is 4. The minimum Gasteiger partial charge on any atom is -0.330 e. The first-order valence-electron chi connectivity index (χ1n) is 7.27. The lowest BCUT2D eigenvalue weighted by Gasteiger charge is -2.25. The van der Waals surface area contributed by atoms with Gasteiger partial charge >= 0.3 is 0 Å². The summed E-state index contributed by atoms with van der Waals surface area (Å²) in [5.41, 5.74) is 7.68. The molecule has 112 valence electrons. The Morgan fingerprint density at radius 2 is 2.10 bits per heavy atom. The van der Waals surface area contributed by atoms with E-state index in [0.717, 1.165) is 17.7 Å². The number of rotatable bonds is 6. The molecule has 0 fully saturated rings. The van der Waals surface area contributed by atoms with Gasteiger partial charge in [0.15, 0.2) is 5.82 Å². The Morgan fingerprint density at radius 3 is 2.76 bits per heavy atom. The Hall–Kier alpha value is -2.14. The Labute approximate surface area is 125 Å². The molecule has 5 heteroatoms. The van der Waals surface area contributed by atoms with Gasteiger partial charge in [-0.2, -0.15) is 0 Å². The normalized spacial score (nSPS) is 10.6. The van der Waals surface area contributed by atoms with E-state index in [1.807, 2.05) is 43.0 Å². The van der Waals surface area contributed by atoms with Crippen molar-refractivity contribution in [2.75, 3.05) is 18.0 Å². The molecule has 2 aromatic rings. The van der Waals surface area contributed by atoms with Gasteiger partial charge in [-0.05, 0) is 38.4 Å². The molecule has 0 bridgehead atoms. The first-order valence-corrected chi connectivity index (χ1v) is 7.27. The second-order valence-electron chi connectivity index (χ2n) is 4.92. The summed E-state index contributed by atoms with van der Waals surface area (Å²) in [6.07, 6.45) is 4.19. The summed E-state index contributed by atoms with van der Waals surface area (Å²) in [7, 11) is 0. The van der Waals surface area contributed by atoms with Gasteiger partial charge in [0.25, 0.3) is 5.56 Å². The van der Waals surface area contributed by atoms with Gasteiger partial charge < -0.3 is 15.2 Å². The molecule has 1 aromatic carbocycles. The molecule has 0 saturated carbocycles. The maximum atomic E-state index is 12.5. The van der Waals surface area contributed by atoms with Crippen LogP contribution in [0, 0.1) is 6.92 Å². The van der Waals surface area contributed by atoms with Gasteiger partial charge in [-0.1, -0.05) is 18.2 Å². The highest BCUT2D eigenvalue weighted by Crippen LogP contribution is 2.24. The number of para-hydroxylation sites is 1. The van der Waals surface area contributed by atoms with Gasteiger partial charge in [0.05, 0.1) is 0 Å². The number of aromatic nitrogens is 2. The predicted octanol–water partition coefficient (Wildman–Crippen LogP) is 2.06. The summed E-state index contributed by atoms with van der Waals surface area (Å²) in [6, 6.07) is 8.00. The lowest BCUT2D eigenvalue weighted by atomic mass is 10.1. The van der Waals surface area contributed by atoms with Crippen molar-refractivity contribution in [3.05, 3.63) is 52.6 Å². The zero-order chi connectivity index (χ0) is 15.2. The molecule has 2 rings (SSSR count). The molecule has 5 nitrogen and oxygen atoms in total. The highest BCUT2D eigenvalue weighted by Gasteiger charge is 2.16. The molecular weight excluding hydrogens is 264 g/mol. The third-order valence-electron chi connectivity index (χ3n) is 3.48. The second kappa shape index (κ2) is 7.04. The lowest BCUT2D eigenvalue weighted by molar-refractivity contribution is 0.707. The Kier molecular flexibility index (Phi) is 5.11. The molecule has 0 aliphatic heterocycles. The summed E-state index contributed by atoms with van der Waals surface area (Å²) < 4.78 is 1.66. The molecule has 0 atom stereocenters. The third kappa shape index (κ3) is 3.31. The van der Waals surface area contributed by atoms with E-state index in [-0.39, 0.29) is 5.56 Å². The number of benzene rings is 1. The van der Waals surface area contributed by atoms with Crippen LogP contribution in [0.15, 0.2) is 41.5 Å². The molecule has 0 radical (unpaired) electrons. The second-order valence-corrected chi connectivity index (χ2v) is 4.92. The first kappa shape index (κ1) is 15.3. The first-order chi connectivity index (χ1) is 10.2.